The highest BCUT2D eigenvalue weighted by molar-refractivity contribution is 9.10. The molecule has 0 radical (unpaired) electrons. The minimum absolute atomic E-state index is 0.232. The number of carbonyl (C=O) groups is 2. The van der Waals surface area contributed by atoms with Gasteiger partial charge in [-0.25, -0.2) is 0 Å². The van der Waals surface area contributed by atoms with Gasteiger partial charge in [0.1, 0.15) is 12.4 Å². The second-order valence-electron chi connectivity index (χ2n) is 6.92. The zero-order valence-corrected chi connectivity index (χ0v) is 20.9. The Kier molecular flexibility index (Phi) is 7.49. The molecule has 1 heterocycles. The van der Waals surface area contributed by atoms with Crippen molar-refractivity contribution in [3.05, 3.63) is 104 Å². The number of hydrogen-bond acceptors (Lipinski definition) is 5. The summed E-state index contributed by atoms with van der Waals surface area (Å²) in [4.78, 5) is 25.9. The normalized spacial score (nSPS) is 14.6. The Morgan fingerprint density at radius 2 is 1.85 bits per heavy atom. The lowest BCUT2D eigenvalue weighted by Crippen LogP contribution is -2.44. The highest BCUT2D eigenvalue weighted by Crippen LogP contribution is 2.34. The van der Waals surface area contributed by atoms with Gasteiger partial charge in [-0.1, -0.05) is 69.6 Å². The molecule has 1 aliphatic rings. The fourth-order valence-electron chi connectivity index (χ4n) is 2.97. The lowest BCUT2D eigenvalue weighted by molar-refractivity contribution is -0.123. The van der Waals surface area contributed by atoms with E-state index in [0.29, 0.717) is 33.4 Å². The summed E-state index contributed by atoms with van der Waals surface area (Å²) in [5.41, 5.74) is 4.67. The molecule has 5 nitrogen and oxygen atoms in total. The molecule has 1 N–H and O–H groups in total. The van der Waals surface area contributed by atoms with Gasteiger partial charge in [-0.05, 0) is 66.3 Å². The number of nitrogens with zero attached hydrogens (tertiary/aromatic N) is 1. The molecule has 166 valence electrons. The van der Waals surface area contributed by atoms with Crippen LogP contribution in [-0.2, 0) is 11.4 Å². The number of ether oxygens (including phenoxy) is 1. The van der Waals surface area contributed by atoms with Crippen LogP contribution < -0.4 is 10.2 Å². The zero-order valence-electron chi connectivity index (χ0n) is 17.0. The van der Waals surface area contributed by atoms with Crippen LogP contribution in [0.3, 0.4) is 0 Å². The molecule has 0 bridgehead atoms. The van der Waals surface area contributed by atoms with Gasteiger partial charge in [-0.15, -0.1) is 0 Å². The van der Waals surface area contributed by atoms with E-state index in [4.69, 9.17) is 28.6 Å². The molecule has 1 saturated heterocycles. The number of amides is 2. The Labute approximate surface area is 213 Å². The van der Waals surface area contributed by atoms with Crippen LogP contribution in [0.1, 0.15) is 21.5 Å². The molecule has 0 unspecified atom stereocenters. The molecule has 0 atom stereocenters. The fourth-order valence-corrected chi connectivity index (χ4v) is 4.65. The predicted octanol–water partition coefficient (Wildman–Crippen LogP) is 6.23. The van der Waals surface area contributed by atoms with Crippen LogP contribution in [0.4, 0.5) is 0 Å². The average molecular weight is 560 g/mol. The van der Waals surface area contributed by atoms with E-state index in [1.54, 1.807) is 30.3 Å². The van der Waals surface area contributed by atoms with Crippen LogP contribution in [0.25, 0.3) is 6.08 Å². The number of hydrazine groups is 1. The Balaban J connectivity index is 1.52. The summed E-state index contributed by atoms with van der Waals surface area (Å²) in [6, 6.07) is 21.7. The van der Waals surface area contributed by atoms with Crippen molar-refractivity contribution in [2.24, 2.45) is 0 Å². The van der Waals surface area contributed by atoms with Crippen molar-refractivity contribution < 1.29 is 14.3 Å². The molecular weight excluding hydrogens is 544 g/mol. The number of nitrogens with one attached hydrogen (secondary N) is 1. The number of hydrogen-bond donors (Lipinski definition) is 1. The van der Waals surface area contributed by atoms with E-state index in [9.17, 15) is 9.59 Å². The first kappa shape index (κ1) is 23.5. The second kappa shape index (κ2) is 10.5. The first-order valence-electron chi connectivity index (χ1n) is 9.71. The Bertz CT molecular complexity index is 1250. The van der Waals surface area contributed by atoms with E-state index in [1.165, 1.54) is 0 Å². The topological polar surface area (TPSA) is 58.6 Å². The smallest absolute Gasteiger partial charge is 0.285 e. The van der Waals surface area contributed by atoms with Crippen LogP contribution in [0.2, 0.25) is 5.02 Å². The highest BCUT2D eigenvalue weighted by Gasteiger charge is 2.34. The molecule has 1 aliphatic heterocycles. The van der Waals surface area contributed by atoms with E-state index in [1.807, 2.05) is 48.5 Å². The highest BCUT2D eigenvalue weighted by atomic mass is 79.9. The number of thiocarbonyl (C=S) groups is 1. The Morgan fingerprint density at radius 1 is 1.12 bits per heavy atom. The van der Waals surface area contributed by atoms with Gasteiger partial charge < -0.3 is 4.74 Å². The minimum atomic E-state index is -0.460. The van der Waals surface area contributed by atoms with E-state index < -0.39 is 11.8 Å². The van der Waals surface area contributed by atoms with Gasteiger partial charge in [-0.3, -0.25) is 15.0 Å². The van der Waals surface area contributed by atoms with Gasteiger partial charge in [0.15, 0.2) is 4.32 Å². The van der Waals surface area contributed by atoms with Crippen LogP contribution in [-0.4, -0.2) is 21.1 Å². The lowest BCUT2D eigenvalue weighted by Gasteiger charge is -2.15. The summed E-state index contributed by atoms with van der Waals surface area (Å²) in [7, 11) is 0. The Hall–Kier alpha value is -2.65. The van der Waals surface area contributed by atoms with Crippen LogP contribution in [0.15, 0.2) is 82.2 Å². The van der Waals surface area contributed by atoms with Crippen molar-refractivity contribution in [3.8, 4) is 5.75 Å². The summed E-state index contributed by atoms with van der Waals surface area (Å²) in [6.07, 6.45) is 1.71. The summed E-state index contributed by atoms with van der Waals surface area (Å²) in [5.74, 6) is -0.252. The molecule has 0 aromatic heterocycles. The van der Waals surface area contributed by atoms with E-state index in [2.05, 4.69) is 21.4 Å². The van der Waals surface area contributed by atoms with Gasteiger partial charge >= 0.3 is 0 Å². The van der Waals surface area contributed by atoms with Crippen molar-refractivity contribution in [1.82, 2.24) is 10.4 Å². The maximum absolute atomic E-state index is 13.0. The summed E-state index contributed by atoms with van der Waals surface area (Å²) >= 11 is 15.8. The van der Waals surface area contributed by atoms with Gasteiger partial charge in [0.05, 0.1) is 4.91 Å². The molecule has 3 aromatic rings. The van der Waals surface area contributed by atoms with E-state index in [0.717, 1.165) is 26.8 Å². The van der Waals surface area contributed by atoms with Gasteiger partial charge in [0, 0.05) is 20.6 Å². The third-order valence-electron chi connectivity index (χ3n) is 4.61. The molecular formula is C24H16BrClN2O3S2. The van der Waals surface area contributed by atoms with Gasteiger partial charge in [0.25, 0.3) is 11.8 Å². The zero-order chi connectivity index (χ0) is 23.4. The van der Waals surface area contributed by atoms with Crippen LogP contribution >= 0.6 is 51.5 Å². The number of halogens is 2. The number of benzene rings is 3. The van der Waals surface area contributed by atoms with Crippen molar-refractivity contribution in [1.29, 1.82) is 0 Å². The van der Waals surface area contributed by atoms with Gasteiger partial charge in [0.2, 0.25) is 0 Å². The molecule has 0 spiro atoms. The molecule has 9 heteroatoms. The van der Waals surface area contributed by atoms with Crippen molar-refractivity contribution in [2.75, 3.05) is 0 Å². The largest absolute Gasteiger partial charge is 0.488 e. The van der Waals surface area contributed by atoms with Crippen molar-refractivity contribution in [2.45, 2.75) is 6.61 Å². The maximum Gasteiger partial charge on any atom is 0.285 e. The second-order valence-corrected chi connectivity index (χ2v) is 9.95. The van der Waals surface area contributed by atoms with Gasteiger partial charge in [-0.2, -0.15) is 5.01 Å². The third kappa shape index (κ3) is 5.83. The molecule has 0 saturated carbocycles. The Morgan fingerprint density at radius 3 is 2.58 bits per heavy atom. The number of thioether (sulfide) groups is 1. The van der Waals surface area contributed by atoms with Crippen molar-refractivity contribution in [3.63, 3.8) is 0 Å². The maximum atomic E-state index is 13.0. The molecule has 33 heavy (non-hydrogen) atoms. The number of rotatable bonds is 6. The standard InChI is InChI=1S/C24H16BrClN2O3S2/c25-18-8-11-20(31-14-15-4-2-1-3-5-15)17(12-18)13-21-23(30)28(24(32)33-21)27-22(29)16-6-9-19(26)10-7-16/h1-13H,14H2,(H,27,29)/b21-13-. The number of carbonyl (C=O) groups excluding carboxylic acids is 2. The quantitative estimate of drug-likeness (QED) is 0.287. The van der Waals surface area contributed by atoms with Crippen LogP contribution in [0.5, 0.6) is 5.75 Å². The van der Waals surface area contributed by atoms with Crippen molar-refractivity contribution >= 4 is 73.7 Å². The molecule has 4 rings (SSSR count). The third-order valence-corrected chi connectivity index (χ3v) is 6.66. The average Bonchev–Trinajstić information content (AvgIpc) is 3.07. The summed E-state index contributed by atoms with van der Waals surface area (Å²) in [6.45, 7) is 0.390. The molecule has 1 fully saturated rings. The van der Waals surface area contributed by atoms with E-state index >= 15 is 0 Å². The molecule has 3 aromatic carbocycles. The van der Waals surface area contributed by atoms with E-state index in [-0.39, 0.29) is 4.32 Å². The lowest BCUT2D eigenvalue weighted by atomic mass is 10.1. The summed E-state index contributed by atoms with van der Waals surface area (Å²) in [5, 5.41) is 1.59. The predicted molar refractivity (Wildman–Crippen MR) is 139 cm³/mol. The first-order chi connectivity index (χ1) is 15.9. The summed E-state index contributed by atoms with van der Waals surface area (Å²) < 4.78 is 7.07. The molecule has 2 amide bonds. The minimum Gasteiger partial charge on any atom is -0.488 e. The monoisotopic (exact) mass is 558 g/mol. The fraction of sp³-hybridized carbons (Fsp3) is 0.0417. The SMILES string of the molecule is O=C(NN1C(=O)/C(=C/c2cc(Br)ccc2OCc2ccccc2)SC1=S)c1ccc(Cl)cc1. The first-order valence-corrected chi connectivity index (χ1v) is 12.1. The van der Waals surface area contributed by atoms with Crippen LogP contribution in [0, 0.1) is 0 Å². The molecule has 0 aliphatic carbocycles.